The highest BCUT2D eigenvalue weighted by molar-refractivity contribution is 7.08. The summed E-state index contributed by atoms with van der Waals surface area (Å²) in [5, 5.41) is 7.04. The molecule has 0 saturated heterocycles. The van der Waals surface area contributed by atoms with Crippen LogP contribution in [0.15, 0.2) is 89.8 Å². The van der Waals surface area contributed by atoms with E-state index in [0.717, 1.165) is 22.6 Å². The van der Waals surface area contributed by atoms with Gasteiger partial charge in [0, 0.05) is 29.2 Å². The molecule has 0 saturated carbocycles. The van der Waals surface area contributed by atoms with Gasteiger partial charge in [-0.25, -0.2) is 0 Å². The lowest BCUT2D eigenvalue weighted by atomic mass is 10.1. The van der Waals surface area contributed by atoms with Gasteiger partial charge in [0.05, 0.1) is 5.69 Å². The van der Waals surface area contributed by atoms with E-state index in [9.17, 15) is 4.79 Å². The van der Waals surface area contributed by atoms with E-state index in [1.165, 1.54) is 0 Å². The van der Waals surface area contributed by atoms with E-state index in [1.807, 2.05) is 53.9 Å². The Morgan fingerprint density at radius 1 is 0.929 bits per heavy atom. The minimum atomic E-state index is -0.133. The van der Waals surface area contributed by atoms with Crippen LogP contribution in [0.4, 0.5) is 0 Å². The number of amides is 1. The number of nitrogens with one attached hydrogen (secondary N) is 1. The first-order chi connectivity index (χ1) is 13.8. The smallest absolute Gasteiger partial charge is 0.251 e. The van der Waals surface area contributed by atoms with E-state index in [-0.39, 0.29) is 5.91 Å². The van der Waals surface area contributed by atoms with Crippen molar-refractivity contribution in [2.24, 2.45) is 0 Å². The lowest BCUT2D eigenvalue weighted by molar-refractivity contribution is 0.0951. The summed E-state index contributed by atoms with van der Waals surface area (Å²) in [7, 11) is 0. The van der Waals surface area contributed by atoms with Gasteiger partial charge in [-0.1, -0.05) is 24.3 Å². The first kappa shape index (κ1) is 17.9. The Kier molecular flexibility index (Phi) is 5.45. The van der Waals surface area contributed by atoms with E-state index in [1.54, 1.807) is 41.8 Å². The van der Waals surface area contributed by atoms with Crippen LogP contribution in [0.3, 0.4) is 0 Å². The van der Waals surface area contributed by atoms with Gasteiger partial charge < -0.3 is 10.1 Å². The SMILES string of the molecule is O=C(NCc1cccnc1-c1ccsc1)c1ccc(Oc2ccccc2)cc1. The summed E-state index contributed by atoms with van der Waals surface area (Å²) >= 11 is 1.63. The first-order valence-electron chi connectivity index (χ1n) is 8.87. The molecule has 1 N–H and O–H groups in total. The minimum absolute atomic E-state index is 0.133. The Morgan fingerprint density at radius 2 is 1.71 bits per heavy atom. The van der Waals surface area contributed by atoms with Crippen molar-refractivity contribution >= 4 is 17.2 Å². The predicted octanol–water partition coefficient (Wildman–Crippen LogP) is 5.53. The van der Waals surface area contributed by atoms with Crippen molar-refractivity contribution in [3.05, 3.63) is 101 Å². The summed E-state index contributed by atoms with van der Waals surface area (Å²) in [6, 6.07) is 22.6. The van der Waals surface area contributed by atoms with Gasteiger partial charge in [0.15, 0.2) is 0 Å². The van der Waals surface area contributed by atoms with Crippen LogP contribution in [0.2, 0.25) is 0 Å². The van der Waals surface area contributed by atoms with E-state index in [4.69, 9.17) is 4.74 Å². The molecule has 4 rings (SSSR count). The zero-order chi connectivity index (χ0) is 19.2. The van der Waals surface area contributed by atoms with Crippen LogP contribution in [0.25, 0.3) is 11.3 Å². The topological polar surface area (TPSA) is 51.2 Å². The van der Waals surface area contributed by atoms with Gasteiger partial charge in [0.1, 0.15) is 11.5 Å². The zero-order valence-corrected chi connectivity index (χ0v) is 15.9. The van der Waals surface area contributed by atoms with E-state index < -0.39 is 0 Å². The Bertz CT molecular complexity index is 1050. The number of nitrogens with zero attached hydrogens (tertiary/aromatic N) is 1. The summed E-state index contributed by atoms with van der Waals surface area (Å²) in [5.74, 6) is 1.32. The second kappa shape index (κ2) is 8.50. The van der Waals surface area contributed by atoms with Crippen LogP contribution in [0.5, 0.6) is 11.5 Å². The van der Waals surface area contributed by atoms with Gasteiger partial charge in [0.2, 0.25) is 0 Å². The van der Waals surface area contributed by atoms with Crippen LogP contribution in [0.1, 0.15) is 15.9 Å². The maximum Gasteiger partial charge on any atom is 0.251 e. The number of carbonyl (C=O) groups is 1. The summed E-state index contributed by atoms with van der Waals surface area (Å²) in [4.78, 5) is 17.0. The number of rotatable bonds is 6. The molecule has 2 aromatic heterocycles. The number of hydrogen-bond donors (Lipinski definition) is 1. The van der Waals surface area contributed by atoms with Crippen molar-refractivity contribution in [2.75, 3.05) is 0 Å². The zero-order valence-electron chi connectivity index (χ0n) is 15.0. The summed E-state index contributed by atoms with van der Waals surface area (Å²) in [5.41, 5.74) is 3.53. The number of benzene rings is 2. The average molecular weight is 386 g/mol. The molecular formula is C23H18N2O2S. The number of hydrogen-bond acceptors (Lipinski definition) is 4. The van der Waals surface area contributed by atoms with Gasteiger partial charge in [0.25, 0.3) is 5.91 Å². The number of para-hydroxylation sites is 1. The number of thiophene rings is 1. The fraction of sp³-hybridized carbons (Fsp3) is 0.0435. The lowest BCUT2D eigenvalue weighted by Gasteiger charge is -2.10. The molecule has 0 bridgehead atoms. The largest absolute Gasteiger partial charge is 0.457 e. The van der Waals surface area contributed by atoms with Crippen molar-refractivity contribution in [3.8, 4) is 22.8 Å². The molecule has 4 aromatic rings. The normalized spacial score (nSPS) is 10.4. The van der Waals surface area contributed by atoms with Crippen LogP contribution < -0.4 is 10.1 Å². The van der Waals surface area contributed by atoms with Gasteiger partial charge in [-0.2, -0.15) is 11.3 Å². The molecule has 0 aliphatic carbocycles. The highest BCUT2D eigenvalue weighted by Crippen LogP contribution is 2.24. The van der Waals surface area contributed by atoms with Crippen molar-refractivity contribution in [1.82, 2.24) is 10.3 Å². The third-order valence-corrected chi connectivity index (χ3v) is 4.90. The molecular weight excluding hydrogens is 368 g/mol. The molecule has 0 aliphatic heterocycles. The molecule has 0 unspecified atom stereocenters. The fourth-order valence-electron chi connectivity index (χ4n) is 2.82. The summed E-state index contributed by atoms with van der Waals surface area (Å²) < 4.78 is 5.76. The van der Waals surface area contributed by atoms with Crippen molar-refractivity contribution in [2.45, 2.75) is 6.54 Å². The quantitative estimate of drug-likeness (QED) is 0.474. The fourth-order valence-corrected chi connectivity index (χ4v) is 3.46. The first-order valence-corrected chi connectivity index (χ1v) is 9.81. The standard InChI is InChI=1S/C23H18N2O2S/c26-23(17-8-10-21(11-9-17)27-20-6-2-1-3-7-20)25-15-18-5-4-13-24-22(18)19-12-14-28-16-19/h1-14,16H,15H2,(H,25,26). The maximum absolute atomic E-state index is 12.5. The highest BCUT2D eigenvalue weighted by Gasteiger charge is 2.10. The van der Waals surface area contributed by atoms with Gasteiger partial charge >= 0.3 is 0 Å². The van der Waals surface area contributed by atoms with Crippen molar-refractivity contribution < 1.29 is 9.53 Å². The van der Waals surface area contributed by atoms with Gasteiger partial charge in [-0.3, -0.25) is 9.78 Å². The highest BCUT2D eigenvalue weighted by atomic mass is 32.1. The average Bonchev–Trinajstić information content (AvgIpc) is 3.28. The second-order valence-corrected chi connectivity index (χ2v) is 6.93. The third kappa shape index (κ3) is 4.27. The molecule has 2 aromatic carbocycles. The van der Waals surface area contributed by atoms with E-state index in [2.05, 4.69) is 15.7 Å². The molecule has 1 amide bonds. The van der Waals surface area contributed by atoms with Gasteiger partial charge in [-0.15, -0.1) is 0 Å². The lowest BCUT2D eigenvalue weighted by Crippen LogP contribution is -2.23. The van der Waals surface area contributed by atoms with E-state index in [0.29, 0.717) is 17.9 Å². The maximum atomic E-state index is 12.5. The van der Waals surface area contributed by atoms with Crippen LogP contribution >= 0.6 is 11.3 Å². The molecule has 0 atom stereocenters. The molecule has 0 aliphatic rings. The number of ether oxygens (including phenoxy) is 1. The third-order valence-electron chi connectivity index (χ3n) is 4.22. The Balaban J connectivity index is 1.41. The molecule has 0 fully saturated rings. The molecule has 5 heteroatoms. The number of pyridine rings is 1. The van der Waals surface area contributed by atoms with Crippen molar-refractivity contribution in [1.29, 1.82) is 0 Å². The number of aromatic nitrogens is 1. The monoisotopic (exact) mass is 386 g/mol. The summed E-state index contributed by atoms with van der Waals surface area (Å²) in [6.45, 7) is 0.417. The van der Waals surface area contributed by atoms with Crippen LogP contribution in [-0.4, -0.2) is 10.9 Å². The van der Waals surface area contributed by atoms with E-state index >= 15 is 0 Å². The molecule has 28 heavy (non-hydrogen) atoms. The van der Waals surface area contributed by atoms with Crippen LogP contribution in [-0.2, 0) is 6.54 Å². The Hall–Kier alpha value is -3.44. The minimum Gasteiger partial charge on any atom is -0.457 e. The Labute approximate surface area is 167 Å². The molecule has 138 valence electrons. The molecule has 2 heterocycles. The van der Waals surface area contributed by atoms with Gasteiger partial charge in [-0.05, 0) is 59.5 Å². The second-order valence-electron chi connectivity index (χ2n) is 6.15. The predicted molar refractivity (Wildman–Crippen MR) is 112 cm³/mol. The molecule has 0 spiro atoms. The summed E-state index contributed by atoms with van der Waals surface area (Å²) in [6.07, 6.45) is 1.77. The van der Waals surface area contributed by atoms with Crippen molar-refractivity contribution in [3.63, 3.8) is 0 Å². The van der Waals surface area contributed by atoms with Crippen LogP contribution in [0, 0.1) is 0 Å². The number of carbonyl (C=O) groups excluding carboxylic acids is 1. The molecule has 4 nitrogen and oxygen atoms in total. The Morgan fingerprint density at radius 3 is 2.46 bits per heavy atom. The molecule has 0 radical (unpaired) electrons.